The van der Waals surface area contributed by atoms with Gasteiger partial charge in [0.15, 0.2) is 0 Å². The minimum atomic E-state index is -0.439. The zero-order valence-corrected chi connectivity index (χ0v) is 15.7. The second kappa shape index (κ2) is 6.67. The Hall–Kier alpha value is -1.92. The van der Waals surface area contributed by atoms with E-state index in [1.54, 1.807) is 10.9 Å². The first-order valence-corrected chi connectivity index (χ1v) is 9.66. The minimum absolute atomic E-state index is 0.0233. The van der Waals surface area contributed by atoms with Gasteiger partial charge in [0.2, 0.25) is 0 Å². The van der Waals surface area contributed by atoms with Gasteiger partial charge in [0.1, 0.15) is 0 Å². The Morgan fingerprint density at radius 2 is 1.92 bits per heavy atom. The number of aromatic nitrogens is 2. The Balaban J connectivity index is 1.47. The zero-order valence-electron chi connectivity index (χ0n) is 15.7. The van der Waals surface area contributed by atoms with E-state index in [1.165, 1.54) is 0 Å². The van der Waals surface area contributed by atoms with E-state index >= 15 is 0 Å². The van der Waals surface area contributed by atoms with E-state index < -0.39 is 5.60 Å². The van der Waals surface area contributed by atoms with Crippen LogP contribution in [0.5, 0.6) is 0 Å². The Labute approximate surface area is 154 Å². The number of hydrogen-bond acceptors (Lipinski definition) is 5. The van der Waals surface area contributed by atoms with E-state index in [2.05, 4.69) is 14.8 Å². The van der Waals surface area contributed by atoms with Gasteiger partial charge in [0, 0.05) is 44.5 Å². The number of benzene rings is 1. The summed E-state index contributed by atoms with van der Waals surface area (Å²) in [6.07, 6.45) is 4.68. The maximum atomic E-state index is 12.5. The summed E-state index contributed by atoms with van der Waals surface area (Å²) in [5, 5.41) is 11.0. The van der Waals surface area contributed by atoms with E-state index in [4.69, 9.17) is 0 Å². The van der Waals surface area contributed by atoms with Gasteiger partial charge in [-0.2, -0.15) is 0 Å². The maximum absolute atomic E-state index is 12.5. The van der Waals surface area contributed by atoms with Crippen molar-refractivity contribution in [2.24, 2.45) is 0 Å². The lowest BCUT2D eigenvalue weighted by atomic mass is 9.80. The fourth-order valence-corrected chi connectivity index (χ4v) is 4.01. The minimum Gasteiger partial charge on any atom is -0.389 e. The quantitative estimate of drug-likeness (QED) is 0.908. The highest BCUT2D eigenvalue weighted by Gasteiger charge is 2.36. The Morgan fingerprint density at radius 1 is 1.19 bits per heavy atom. The summed E-state index contributed by atoms with van der Waals surface area (Å²) in [5.41, 5.74) is 1.46. The molecule has 2 aliphatic rings. The van der Waals surface area contributed by atoms with E-state index in [-0.39, 0.29) is 11.6 Å². The number of anilines is 1. The molecular formula is C20H28N4O2. The predicted molar refractivity (Wildman–Crippen MR) is 104 cm³/mol. The van der Waals surface area contributed by atoms with Gasteiger partial charge in [0.05, 0.1) is 22.8 Å². The van der Waals surface area contributed by atoms with Crippen molar-refractivity contribution >= 4 is 16.6 Å². The molecule has 0 radical (unpaired) electrons. The van der Waals surface area contributed by atoms with Crippen molar-refractivity contribution < 1.29 is 5.11 Å². The topological polar surface area (TPSA) is 61.6 Å². The zero-order chi connectivity index (χ0) is 18.3. The smallest absolute Gasteiger partial charge is 0.261 e. The fraction of sp³-hybridized carbons (Fsp3) is 0.600. The summed E-state index contributed by atoms with van der Waals surface area (Å²) < 4.78 is 1.67. The molecule has 1 saturated heterocycles. The maximum Gasteiger partial charge on any atom is 0.261 e. The summed E-state index contributed by atoms with van der Waals surface area (Å²) in [5.74, 6) is 0. The van der Waals surface area contributed by atoms with Crippen LogP contribution in [0.4, 0.5) is 5.69 Å². The van der Waals surface area contributed by atoms with Gasteiger partial charge >= 0.3 is 0 Å². The standard InChI is InChI=1S/C20H28N4O2/c1-15(2)24-14-21-18-12-16(4-5-17(18)19(24)25)23-10-8-22(9-11-23)13-20(26)6-3-7-20/h4-5,12,14-15,26H,3,6-11,13H2,1-2H3. The molecule has 2 heterocycles. The van der Waals surface area contributed by atoms with Crippen LogP contribution in [0.15, 0.2) is 29.3 Å². The Kier molecular flexibility index (Phi) is 4.49. The monoisotopic (exact) mass is 356 g/mol. The molecule has 1 aliphatic carbocycles. The molecule has 0 spiro atoms. The lowest BCUT2D eigenvalue weighted by Crippen LogP contribution is -2.54. The van der Waals surface area contributed by atoms with Gasteiger partial charge in [-0.1, -0.05) is 0 Å². The van der Waals surface area contributed by atoms with Crippen LogP contribution in [0.3, 0.4) is 0 Å². The highest BCUT2D eigenvalue weighted by atomic mass is 16.3. The van der Waals surface area contributed by atoms with Gasteiger partial charge < -0.3 is 10.0 Å². The van der Waals surface area contributed by atoms with E-state index in [9.17, 15) is 9.90 Å². The van der Waals surface area contributed by atoms with E-state index in [0.29, 0.717) is 5.39 Å². The highest BCUT2D eigenvalue weighted by molar-refractivity contribution is 5.81. The molecule has 1 N–H and O–H groups in total. The number of fused-ring (bicyclic) bond motifs is 1. The molecule has 6 nitrogen and oxygen atoms in total. The third kappa shape index (κ3) is 3.23. The highest BCUT2D eigenvalue weighted by Crippen LogP contribution is 2.32. The van der Waals surface area contributed by atoms with Crippen molar-refractivity contribution in [2.75, 3.05) is 37.6 Å². The molecule has 0 bridgehead atoms. The predicted octanol–water partition coefficient (Wildman–Crippen LogP) is 2.01. The van der Waals surface area contributed by atoms with Crippen LogP contribution in [-0.4, -0.2) is 57.9 Å². The second-order valence-corrected chi connectivity index (χ2v) is 8.09. The van der Waals surface area contributed by atoms with Crippen LogP contribution in [-0.2, 0) is 0 Å². The third-order valence-corrected chi connectivity index (χ3v) is 5.86. The molecule has 4 rings (SSSR count). The van der Waals surface area contributed by atoms with E-state index in [1.807, 2.05) is 32.0 Å². The average molecular weight is 356 g/mol. The van der Waals surface area contributed by atoms with Crippen LogP contribution >= 0.6 is 0 Å². The van der Waals surface area contributed by atoms with Crippen LogP contribution < -0.4 is 10.5 Å². The number of nitrogens with zero attached hydrogens (tertiary/aromatic N) is 4. The normalized spacial score (nSPS) is 20.5. The van der Waals surface area contributed by atoms with Gasteiger partial charge in [-0.3, -0.25) is 14.3 Å². The first-order chi connectivity index (χ1) is 12.5. The van der Waals surface area contributed by atoms with E-state index in [0.717, 1.165) is 63.2 Å². The number of piperazine rings is 1. The summed E-state index contributed by atoms with van der Waals surface area (Å²) in [6, 6.07) is 6.07. The molecule has 2 aromatic rings. The number of aliphatic hydroxyl groups is 1. The summed E-state index contributed by atoms with van der Waals surface area (Å²) in [7, 11) is 0. The lowest BCUT2D eigenvalue weighted by Gasteiger charge is -2.44. The average Bonchev–Trinajstić information content (AvgIpc) is 2.60. The number of rotatable bonds is 4. The Morgan fingerprint density at radius 3 is 2.54 bits per heavy atom. The van der Waals surface area contributed by atoms with Crippen LogP contribution in [0.2, 0.25) is 0 Å². The lowest BCUT2D eigenvalue weighted by molar-refractivity contribution is -0.0594. The molecule has 0 atom stereocenters. The molecule has 1 saturated carbocycles. The van der Waals surface area contributed by atoms with Gasteiger partial charge in [-0.15, -0.1) is 0 Å². The second-order valence-electron chi connectivity index (χ2n) is 8.09. The molecule has 2 fully saturated rings. The van der Waals surface area contributed by atoms with Crippen LogP contribution in [0.25, 0.3) is 10.9 Å². The van der Waals surface area contributed by atoms with Crippen molar-refractivity contribution in [3.05, 3.63) is 34.9 Å². The summed E-state index contributed by atoms with van der Waals surface area (Å²) >= 11 is 0. The first-order valence-electron chi connectivity index (χ1n) is 9.66. The molecule has 1 aromatic carbocycles. The van der Waals surface area contributed by atoms with Crippen molar-refractivity contribution in [1.82, 2.24) is 14.5 Å². The molecule has 1 aromatic heterocycles. The Bertz CT molecular complexity index is 849. The van der Waals surface area contributed by atoms with Gasteiger partial charge in [0.25, 0.3) is 5.56 Å². The molecular weight excluding hydrogens is 328 g/mol. The molecule has 6 heteroatoms. The summed E-state index contributed by atoms with van der Waals surface area (Å²) in [6.45, 7) is 8.57. The third-order valence-electron chi connectivity index (χ3n) is 5.86. The number of hydrogen-bond donors (Lipinski definition) is 1. The molecule has 0 amide bonds. The van der Waals surface area contributed by atoms with Gasteiger partial charge in [-0.25, -0.2) is 4.98 Å². The molecule has 0 unspecified atom stereocenters. The van der Waals surface area contributed by atoms with Crippen LogP contribution in [0.1, 0.15) is 39.2 Å². The van der Waals surface area contributed by atoms with Crippen molar-refractivity contribution in [3.63, 3.8) is 0 Å². The van der Waals surface area contributed by atoms with Crippen molar-refractivity contribution in [1.29, 1.82) is 0 Å². The van der Waals surface area contributed by atoms with Crippen molar-refractivity contribution in [2.45, 2.75) is 44.8 Å². The summed E-state index contributed by atoms with van der Waals surface area (Å²) in [4.78, 5) is 21.8. The first kappa shape index (κ1) is 17.5. The fourth-order valence-electron chi connectivity index (χ4n) is 4.01. The molecule has 140 valence electrons. The van der Waals surface area contributed by atoms with Crippen molar-refractivity contribution in [3.8, 4) is 0 Å². The van der Waals surface area contributed by atoms with Crippen LogP contribution in [0, 0.1) is 0 Å². The number of β-amino-alcohol motifs (C(OH)–C–C–N with tert-alkyl or cyclic N) is 1. The SMILES string of the molecule is CC(C)n1cnc2cc(N3CCN(CC4(O)CCC4)CC3)ccc2c1=O. The largest absolute Gasteiger partial charge is 0.389 e. The van der Waals surface area contributed by atoms with Gasteiger partial charge in [-0.05, 0) is 51.3 Å². The molecule has 1 aliphatic heterocycles. The molecule has 26 heavy (non-hydrogen) atoms.